The number of nitrogens with zero attached hydrogens (tertiary/aromatic N) is 3. The number of aromatic nitrogens is 2. The molecule has 1 N–H and O–H groups in total. The molecule has 0 radical (unpaired) electrons. The number of aromatic amines is 1. The molecule has 0 fully saturated rings. The number of sulfone groups is 1. The minimum absolute atomic E-state index is 0.752. The number of nitrogens with one attached hydrogen (secondary N) is 1. The van der Waals surface area contributed by atoms with Crippen LogP contribution in [-0.2, 0) is 9.84 Å². The number of rotatable bonds is 7. The van der Waals surface area contributed by atoms with Crippen molar-refractivity contribution >= 4 is 27.3 Å². The zero-order valence-corrected chi connectivity index (χ0v) is 21.5. The lowest BCUT2D eigenvalue weighted by Gasteiger charge is -2.13. The van der Waals surface area contributed by atoms with Crippen LogP contribution in [0.15, 0.2) is 78.2 Å². The summed E-state index contributed by atoms with van der Waals surface area (Å²) in [5.41, 5.74) is 7.88. The van der Waals surface area contributed by atoms with Crippen LogP contribution in [0.1, 0.15) is 5.56 Å². The number of anilines is 2. The molecule has 0 saturated heterocycles. The third-order valence-electron chi connectivity index (χ3n) is 5.73. The molecule has 1 heterocycles. The Bertz CT molecular complexity index is 1360. The maximum absolute atomic E-state index is 11.4. The Kier molecular flexibility index (Phi) is 6.80. The highest BCUT2D eigenvalue weighted by Crippen LogP contribution is 2.34. The molecule has 0 atom stereocenters. The standard InChI is InChI=1S/C28H30N4O2S/c1-31(2)24-14-10-21(11-15-24)26-27(22-12-16-25(17-13-22)32(3)4)30-28(29-26)23-8-6-20(7-9-23)18-19-35(5,33)34/h6-19H,1-5H3,(H,29,30)/b19-18+. The third kappa shape index (κ3) is 5.81. The first-order valence-corrected chi connectivity index (χ1v) is 13.2. The first-order chi connectivity index (χ1) is 16.6. The largest absolute Gasteiger partial charge is 0.378 e. The molecule has 7 heteroatoms. The summed E-state index contributed by atoms with van der Waals surface area (Å²) in [7, 11) is 4.92. The van der Waals surface area contributed by atoms with E-state index in [1.165, 1.54) is 11.7 Å². The van der Waals surface area contributed by atoms with E-state index in [0.29, 0.717) is 0 Å². The highest BCUT2D eigenvalue weighted by molar-refractivity contribution is 7.93. The molecule has 1 aromatic heterocycles. The van der Waals surface area contributed by atoms with Gasteiger partial charge in [-0.15, -0.1) is 0 Å². The van der Waals surface area contributed by atoms with Crippen LogP contribution in [0.5, 0.6) is 0 Å². The maximum Gasteiger partial charge on any atom is 0.168 e. The summed E-state index contributed by atoms with van der Waals surface area (Å²) >= 11 is 0. The van der Waals surface area contributed by atoms with Crippen molar-refractivity contribution in [2.24, 2.45) is 0 Å². The lowest BCUT2D eigenvalue weighted by atomic mass is 10.0. The van der Waals surface area contributed by atoms with Gasteiger partial charge < -0.3 is 14.8 Å². The third-order valence-corrected chi connectivity index (χ3v) is 6.36. The van der Waals surface area contributed by atoms with Crippen molar-refractivity contribution < 1.29 is 8.42 Å². The van der Waals surface area contributed by atoms with E-state index in [1.54, 1.807) is 6.08 Å². The van der Waals surface area contributed by atoms with Crippen LogP contribution in [0, 0.1) is 0 Å². The molecule has 6 nitrogen and oxygen atoms in total. The summed E-state index contributed by atoms with van der Waals surface area (Å²) in [5.74, 6) is 0.752. The lowest BCUT2D eigenvalue weighted by molar-refractivity contribution is 0.610. The maximum atomic E-state index is 11.4. The van der Waals surface area contributed by atoms with E-state index >= 15 is 0 Å². The van der Waals surface area contributed by atoms with Gasteiger partial charge in [0.25, 0.3) is 0 Å². The number of hydrogen-bond donors (Lipinski definition) is 1. The molecule has 0 aliphatic rings. The Morgan fingerprint density at radius 3 is 1.69 bits per heavy atom. The number of benzene rings is 3. The molecule has 35 heavy (non-hydrogen) atoms. The molecule has 0 bridgehead atoms. The van der Waals surface area contributed by atoms with Gasteiger partial charge >= 0.3 is 0 Å². The normalized spacial score (nSPS) is 11.7. The van der Waals surface area contributed by atoms with Crippen LogP contribution in [-0.4, -0.2) is 52.8 Å². The van der Waals surface area contributed by atoms with Gasteiger partial charge in [-0.3, -0.25) is 0 Å². The summed E-state index contributed by atoms with van der Waals surface area (Å²) in [5, 5.41) is 1.21. The Balaban J connectivity index is 1.76. The topological polar surface area (TPSA) is 69.3 Å². The summed E-state index contributed by atoms with van der Waals surface area (Å²) in [6, 6.07) is 24.4. The Morgan fingerprint density at radius 2 is 1.20 bits per heavy atom. The molecule has 4 aromatic rings. The summed E-state index contributed by atoms with van der Waals surface area (Å²) in [4.78, 5) is 12.6. The predicted molar refractivity (Wildman–Crippen MR) is 147 cm³/mol. The fourth-order valence-electron chi connectivity index (χ4n) is 3.73. The number of H-pyrrole nitrogens is 1. The van der Waals surface area contributed by atoms with Crippen molar-refractivity contribution in [3.8, 4) is 33.9 Å². The van der Waals surface area contributed by atoms with Crippen LogP contribution < -0.4 is 9.80 Å². The van der Waals surface area contributed by atoms with Gasteiger partial charge in [0, 0.05) is 67.9 Å². The van der Waals surface area contributed by atoms with Gasteiger partial charge in [0.05, 0.1) is 11.4 Å². The van der Waals surface area contributed by atoms with Crippen molar-refractivity contribution in [1.29, 1.82) is 0 Å². The molecule has 3 aromatic carbocycles. The van der Waals surface area contributed by atoms with Gasteiger partial charge in [-0.1, -0.05) is 48.5 Å². The second kappa shape index (κ2) is 9.80. The molecule has 0 spiro atoms. The summed E-state index contributed by atoms with van der Waals surface area (Å²) < 4.78 is 22.8. The van der Waals surface area contributed by atoms with Gasteiger partial charge in [-0.2, -0.15) is 0 Å². The minimum Gasteiger partial charge on any atom is -0.378 e. The van der Waals surface area contributed by atoms with Gasteiger partial charge in [-0.05, 0) is 35.9 Å². The van der Waals surface area contributed by atoms with E-state index in [2.05, 4.69) is 63.3 Å². The summed E-state index contributed by atoms with van der Waals surface area (Å²) in [6.07, 6.45) is 2.77. The van der Waals surface area contributed by atoms with Crippen LogP contribution >= 0.6 is 0 Å². The quantitative estimate of drug-likeness (QED) is 0.370. The Hall–Kier alpha value is -3.84. The smallest absolute Gasteiger partial charge is 0.168 e. The molecule has 0 amide bonds. The Labute approximate surface area is 207 Å². The fourth-order valence-corrected chi connectivity index (χ4v) is 4.13. The second-order valence-electron chi connectivity index (χ2n) is 8.95. The average Bonchev–Trinajstić information content (AvgIpc) is 3.28. The lowest BCUT2D eigenvalue weighted by Crippen LogP contribution is -2.08. The molecule has 4 rings (SSSR count). The predicted octanol–water partition coefficient (Wildman–Crippen LogP) is 5.56. The minimum atomic E-state index is -3.17. The molecule has 0 saturated carbocycles. The van der Waals surface area contributed by atoms with Crippen molar-refractivity contribution in [2.45, 2.75) is 0 Å². The van der Waals surface area contributed by atoms with E-state index in [0.717, 1.165) is 50.8 Å². The van der Waals surface area contributed by atoms with E-state index in [4.69, 9.17) is 4.98 Å². The average molecular weight is 487 g/mol. The van der Waals surface area contributed by atoms with E-state index < -0.39 is 9.84 Å². The molecule has 0 aliphatic heterocycles. The monoisotopic (exact) mass is 486 g/mol. The van der Waals surface area contributed by atoms with E-state index in [1.807, 2.05) is 52.5 Å². The molecular formula is C28H30N4O2S. The number of hydrogen-bond acceptors (Lipinski definition) is 5. The first kappa shape index (κ1) is 24.3. The SMILES string of the molecule is CN(C)c1ccc(-c2nc(-c3ccc(/C=C/S(C)(=O)=O)cc3)[nH]c2-c2ccc(N(C)C)cc2)cc1. The molecule has 180 valence electrons. The van der Waals surface area contributed by atoms with Gasteiger partial charge in [-0.25, -0.2) is 13.4 Å². The molecule has 0 unspecified atom stereocenters. The molecular weight excluding hydrogens is 456 g/mol. The first-order valence-electron chi connectivity index (χ1n) is 11.2. The van der Waals surface area contributed by atoms with Gasteiger partial charge in [0.1, 0.15) is 5.82 Å². The van der Waals surface area contributed by atoms with Crippen LogP contribution in [0.25, 0.3) is 40.0 Å². The number of imidazole rings is 1. The zero-order valence-electron chi connectivity index (χ0n) is 20.6. The highest BCUT2D eigenvalue weighted by atomic mass is 32.2. The van der Waals surface area contributed by atoms with E-state index in [9.17, 15) is 8.42 Å². The van der Waals surface area contributed by atoms with Gasteiger partial charge in [0.15, 0.2) is 9.84 Å². The van der Waals surface area contributed by atoms with E-state index in [-0.39, 0.29) is 0 Å². The van der Waals surface area contributed by atoms with Crippen LogP contribution in [0.2, 0.25) is 0 Å². The highest BCUT2D eigenvalue weighted by Gasteiger charge is 2.16. The van der Waals surface area contributed by atoms with Gasteiger partial charge in [0.2, 0.25) is 0 Å². The Morgan fingerprint density at radius 1 is 0.714 bits per heavy atom. The summed E-state index contributed by atoms with van der Waals surface area (Å²) in [6.45, 7) is 0. The molecule has 0 aliphatic carbocycles. The zero-order chi connectivity index (χ0) is 25.2. The van der Waals surface area contributed by atoms with Crippen molar-refractivity contribution in [2.75, 3.05) is 44.2 Å². The van der Waals surface area contributed by atoms with Crippen molar-refractivity contribution in [3.05, 3.63) is 83.8 Å². The van der Waals surface area contributed by atoms with Crippen molar-refractivity contribution in [3.63, 3.8) is 0 Å². The fraction of sp³-hybridized carbons (Fsp3) is 0.179. The van der Waals surface area contributed by atoms with Crippen LogP contribution in [0.3, 0.4) is 0 Å². The van der Waals surface area contributed by atoms with Crippen LogP contribution in [0.4, 0.5) is 11.4 Å². The van der Waals surface area contributed by atoms with Crippen molar-refractivity contribution in [1.82, 2.24) is 9.97 Å². The second-order valence-corrected chi connectivity index (χ2v) is 10.9.